The average molecular weight is 297 g/mol. The van der Waals surface area contributed by atoms with Crippen LogP contribution in [0.1, 0.15) is 22.3 Å². The van der Waals surface area contributed by atoms with Gasteiger partial charge in [-0.2, -0.15) is 4.31 Å². The minimum atomic E-state index is -3.57. The fraction of sp³-hybridized carbons (Fsp3) is 0.462. The van der Waals surface area contributed by atoms with Crippen molar-refractivity contribution in [3.63, 3.8) is 0 Å². The maximum Gasteiger partial charge on any atom is 0.249 e. The molecule has 1 heterocycles. The molecule has 1 fully saturated rings. The molecule has 0 atom stereocenters. The third-order valence-electron chi connectivity index (χ3n) is 3.41. The molecule has 0 bridgehead atoms. The summed E-state index contributed by atoms with van der Waals surface area (Å²) in [5, 5.41) is 3.16. The summed E-state index contributed by atoms with van der Waals surface area (Å²) in [6.45, 7) is 4.09. The molecule has 1 amide bonds. The summed E-state index contributed by atoms with van der Waals surface area (Å²) in [6, 6.07) is 4.50. The fourth-order valence-corrected chi connectivity index (χ4v) is 3.74. The maximum absolute atomic E-state index is 12.6. The van der Waals surface area contributed by atoms with Crippen molar-refractivity contribution in [1.82, 2.24) is 9.62 Å². The van der Waals surface area contributed by atoms with Gasteiger partial charge in [0.2, 0.25) is 15.9 Å². The third kappa shape index (κ3) is 3.00. The largest absolute Gasteiger partial charge is 0.366 e. The molecule has 0 aromatic heterocycles. The van der Waals surface area contributed by atoms with Crippen LogP contribution in [0.15, 0.2) is 23.1 Å². The number of carbonyl (C=O) groups is 1. The predicted octanol–water partition coefficient (Wildman–Crippen LogP) is 0.0779. The van der Waals surface area contributed by atoms with Crippen molar-refractivity contribution >= 4 is 15.9 Å². The zero-order valence-corrected chi connectivity index (χ0v) is 12.2. The van der Waals surface area contributed by atoms with Gasteiger partial charge in [0.05, 0.1) is 4.90 Å². The highest BCUT2D eigenvalue weighted by molar-refractivity contribution is 7.89. The van der Waals surface area contributed by atoms with E-state index in [1.165, 1.54) is 16.4 Å². The van der Waals surface area contributed by atoms with Crippen molar-refractivity contribution in [2.45, 2.75) is 18.2 Å². The molecule has 20 heavy (non-hydrogen) atoms. The zero-order valence-electron chi connectivity index (χ0n) is 11.4. The predicted molar refractivity (Wildman–Crippen MR) is 75.9 cm³/mol. The normalized spacial score (nSPS) is 17.6. The number of amides is 1. The lowest BCUT2D eigenvalue weighted by Gasteiger charge is -2.20. The monoisotopic (exact) mass is 297 g/mol. The maximum atomic E-state index is 12.6. The smallest absolute Gasteiger partial charge is 0.249 e. The van der Waals surface area contributed by atoms with Gasteiger partial charge < -0.3 is 11.1 Å². The second-order valence-electron chi connectivity index (χ2n) is 4.85. The van der Waals surface area contributed by atoms with E-state index in [-0.39, 0.29) is 10.5 Å². The van der Waals surface area contributed by atoms with Gasteiger partial charge >= 0.3 is 0 Å². The van der Waals surface area contributed by atoms with Gasteiger partial charge in [-0.25, -0.2) is 8.42 Å². The summed E-state index contributed by atoms with van der Waals surface area (Å²) in [5.41, 5.74) is 6.20. The zero-order chi connectivity index (χ0) is 14.8. The highest BCUT2D eigenvalue weighted by atomic mass is 32.2. The quantitative estimate of drug-likeness (QED) is 0.826. The first-order valence-corrected chi connectivity index (χ1v) is 7.98. The molecule has 0 unspecified atom stereocenters. The first-order chi connectivity index (χ1) is 9.43. The van der Waals surface area contributed by atoms with Crippen molar-refractivity contribution in [2.24, 2.45) is 5.73 Å². The SMILES string of the molecule is Cc1ccc(S(=O)(=O)N2CCCNCC2)cc1C(N)=O. The first-order valence-electron chi connectivity index (χ1n) is 6.54. The van der Waals surface area contributed by atoms with E-state index in [1.807, 2.05) is 0 Å². The second kappa shape index (κ2) is 5.90. The molecular formula is C13H19N3O3S. The molecule has 1 aliphatic heterocycles. The molecule has 1 aromatic rings. The van der Waals surface area contributed by atoms with Gasteiger partial charge in [0.1, 0.15) is 0 Å². The van der Waals surface area contributed by atoms with E-state index in [9.17, 15) is 13.2 Å². The number of hydrogen-bond donors (Lipinski definition) is 2. The summed E-state index contributed by atoms with van der Waals surface area (Å²) >= 11 is 0. The van der Waals surface area contributed by atoms with E-state index in [1.54, 1.807) is 13.0 Å². The fourth-order valence-electron chi connectivity index (χ4n) is 2.24. The van der Waals surface area contributed by atoms with E-state index in [0.717, 1.165) is 13.0 Å². The van der Waals surface area contributed by atoms with Crippen LogP contribution in [-0.4, -0.2) is 44.8 Å². The molecule has 6 nitrogen and oxygen atoms in total. The molecule has 1 saturated heterocycles. The number of sulfonamides is 1. The summed E-state index contributed by atoms with van der Waals surface area (Å²) in [5.74, 6) is -0.614. The van der Waals surface area contributed by atoms with Gasteiger partial charge in [-0.15, -0.1) is 0 Å². The average Bonchev–Trinajstić information content (AvgIpc) is 2.67. The number of nitrogens with two attached hydrogens (primary N) is 1. The molecule has 110 valence electrons. The van der Waals surface area contributed by atoms with Crippen molar-refractivity contribution in [2.75, 3.05) is 26.2 Å². The minimum Gasteiger partial charge on any atom is -0.366 e. The molecule has 0 aliphatic carbocycles. The number of nitrogens with zero attached hydrogens (tertiary/aromatic N) is 1. The molecule has 0 saturated carbocycles. The highest BCUT2D eigenvalue weighted by Crippen LogP contribution is 2.20. The van der Waals surface area contributed by atoms with E-state index >= 15 is 0 Å². The summed E-state index contributed by atoms with van der Waals surface area (Å²) < 4.78 is 26.6. The van der Waals surface area contributed by atoms with Gasteiger partial charge in [0.15, 0.2) is 0 Å². The molecule has 0 spiro atoms. The lowest BCUT2D eigenvalue weighted by Crippen LogP contribution is -2.34. The molecule has 1 aliphatic rings. The Balaban J connectivity index is 2.38. The van der Waals surface area contributed by atoms with Crippen molar-refractivity contribution < 1.29 is 13.2 Å². The van der Waals surface area contributed by atoms with Crippen molar-refractivity contribution in [3.05, 3.63) is 29.3 Å². The number of primary amides is 1. The van der Waals surface area contributed by atoms with Gasteiger partial charge in [0.25, 0.3) is 0 Å². The Morgan fingerprint density at radius 1 is 1.30 bits per heavy atom. The third-order valence-corrected chi connectivity index (χ3v) is 5.31. The van der Waals surface area contributed by atoms with Gasteiger partial charge in [0, 0.05) is 25.2 Å². The van der Waals surface area contributed by atoms with Crippen LogP contribution in [-0.2, 0) is 10.0 Å². The van der Waals surface area contributed by atoms with Crippen LogP contribution < -0.4 is 11.1 Å². The van der Waals surface area contributed by atoms with Gasteiger partial charge in [-0.1, -0.05) is 6.07 Å². The standard InChI is InChI=1S/C13H19N3O3S/c1-10-3-4-11(9-12(10)13(14)17)20(18,19)16-7-2-5-15-6-8-16/h3-4,9,15H,2,5-8H2,1H3,(H2,14,17). The van der Waals surface area contributed by atoms with E-state index in [0.29, 0.717) is 25.2 Å². The van der Waals surface area contributed by atoms with Crippen LogP contribution in [0.4, 0.5) is 0 Å². The van der Waals surface area contributed by atoms with Gasteiger partial charge in [-0.05, 0) is 37.6 Å². The number of carbonyl (C=O) groups excluding carboxylic acids is 1. The van der Waals surface area contributed by atoms with Crippen LogP contribution in [0.25, 0.3) is 0 Å². The number of nitrogens with one attached hydrogen (secondary N) is 1. The minimum absolute atomic E-state index is 0.124. The Hall–Kier alpha value is -1.44. The van der Waals surface area contributed by atoms with Crippen LogP contribution in [0.2, 0.25) is 0 Å². The Morgan fingerprint density at radius 2 is 2.05 bits per heavy atom. The number of rotatable bonds is 3. The molecule has 2 rings (SSSR count). The molecule has 0 radical (unpaired) electrons. The topological polar surface area (TPSA) is 92.5 Å². The number of benzene rings is 1. The summed E-state index contributed by atoms with van der Waals surface area (Å²) in [4.78, 5) is 11.5. The van der Waals surface area contributed by atoms with Crippen LogP contribution in [0.5, 0.6) is 0 Å². The number of hydrogen-bond acceptors (Lipinski definition) is 4. The molecule has 7 heteroatoms. The van der Waals surface area contributed by atoms with E-state index in [2.05, 4.69) is 5.32 Å². The molecule has 3 N–H and O–H groups in total. The van der Waals surface area contributed by atoms with E-state index in [4.69, 9.17) is 5.73 Å². The number of aryl methyl sites for hydroxylation is 1. The summed E-state index contributed by atoms with van der Waals surface area (Å²) in [7, 11) is -3.57. The molecule has 1 aromatic carbocycles. The van der Waals surface area contributed by atoms with Crippen molar-refractivity contribution in [1.29, 1.82) is 0 Å². The van der Waals surface area contributed by atoms with E-state index < -0.39 is 15.9 Å². The Bertz CT molecular complexity index is 605. The van der Waals surface area contributed by atoms with Crippen LogP contribution in [0, 0.1) is 6.92 Å². The first kappa shape index (κ1) is 15.0. The highest BCUT2D eigenvalue weighted by Gasteiger charge is 2.25. The second-order valence-corrected chi connectivity index (χ2v) is 6.79. The lowest BCUT2D eigenvalue weighted by atomic mass is 10.1. The molecular weight excluding hydrogens is 278 g/mol. The summed E-state index contributed by atoms with van der Waals surface area (Å²) in [6.07, 6.45) is 0.772. The van der Waals surface area contributed by atoms with Crippen molar-refractivity contribution in [3.8, 4) is 0 Å². The Kier molecular flexibility index (Phi) is 4.42. The Morgan fingerprint density at radius 3 is 2.75 bits per heavy atom. The van der Waals surface area contributed by atoms with Gasteiger partial charge in [-0.3, -0.25) is 4.79 Å². The lowest BCUT2D eigenvalue weighted by molar-refractivity contribution is 0.0999. The van der Waals surface area contributed by atoms with Crippen LogP contribution in [0.3, 0.4) is 0 Å². The Labute approximate surface area is 119 Å². The van der Waals surface area contributed by atoms with Crippen LogP contribution >= 0.6 is 0 Å².